The SMILES string of the molecule is CCNCc1cnc(Sc2ccc(C)c(C)c2)nc1. The lowest BCUT2D eigenvalue weighted by Gasteiger charge is -2.05. The zero-order valence-electron chi connectivity index (χ0n) is 11.6. The average Bonchev–Trinajstić information content (AvgIpc) is 2.42. The van der Waals surface area contributed by atoms with Gasteiger partial charge in [-0.2, -0.15) is 0 Å². The van der Waals surface area contributed by atoms with Crippen LogP contribution < -0.4 is 5.32 Å². The minimum absolute atomic E-state index is 0.795. The number of aryl methyl sites for hydroxylation is 2. The Labute approximate surface area is 118 Å². The molecular formula is C15H19N3S. The van der Waals surface area contributed by atoms with Gasteiger partial charge in [-0.25, -0.2) is 9.97 Å². The summed E-state index contributed by atoms with van der Waals surface area (Å²) in [6, 6.07) is 6.43. The van der Waals surface area contributed by atoms with E-state index in [0.717, 1.165) is 23.8 Å². The second kappa shape index (κ2) is 6.68. The van der Waals surface area contributed by atoms with E-state index in [1.165, 1.54) is 16.0 Å². The van der Waals surface area contributed by atoms with Crippen LogP contribution in [0.15, 0.2) is 40.6 Å². The molecule has 0 spiro atoms. The number of aromatic nitrogens is 2. The van der Waals surface area contributed by atoms with Crippen LogP contribution in [0.5, 0.6) is 0 Å². The molecule has 3 nitrogen and oxygen atoms in total. The molecule has 1 aromatic heterocycles. The number of rotatable bonds is 5. The van der Waals surface area contributed by atoms with Gasteiger partial charge in [0.2, 0.25) is 0 Å². The van der Waals surface area contributed by atoms with E-state index >= 15 is 0 Å². The van der Waals surface area contributed by atoms with Crippen molar-refractivity contribution in [3.63, 3.8) is 0 Å². The molecule has 1 heterocycles. The van der Waals surface area contributed by atoms with Gasteiger partial charge >= 0.3 is 0 Å². The predicted molar refractivity (Wildman–Crippen MR) is 79.5 cm³/mol. The van der Waals surface area contributed by atoms with Crippen molar-refractivity contribution in [3.05, 3.63) is 47.3 Å². The van der Waals surface area contributed by atoms with Gasteiger partial charge < -0.3 is 5.32 Å². The van der Waals surface area contributed by atoms with Crippen molar-refractivity contribution in [2.45, 2.75) is 37.4 Å². The normalized spacial score (nSPS) is 10.7. The molecule has 0 saturated carbocycles. The van der Waals surface area contributed by atoms with Crippen molar-refractivity contribution >= 4 is 11.8 Å². The van der Waals surface area contributed by atoms with Gasteiger partial charge in [-0.1, -0.05) is 13.0 Å². The van der Waals surface area contributed by atoms with E-state index in [-0.39, 0.29) is 0 Å². The van der Waals surface area contributed by atoms with Crippen molar-refractivity contribution in [2.24, 2.45) is 0 Å². The molecule has 0 aliphatic rings. The summed E-state index contributed by atoms with van der Waals surface area (Å²) in [5.41, 5.74) is 3.73. The summed E-state index contributed by atoms with van der Waals surface area (Å²) in [4.78, 5) is 9.96. The second-order valence-corrected chi connectivity index (χ2v) is 5.54. The van der Waals surface area contributed by atoms with E-state index in [0.29, 0.717) is 0 Å². The van der Waals surface area contributed by atoms with Crippen LogP contribution in [0.1, 0.15) is 23.6 Å². The number of hydrogen-bond donors (Lipinski definition) is 1. The minimum Gasteiger partial charge on any atom is -0.313 e. The van der Waals surface area contributed by atoms with E-state index < -0.39 is 0 Å². The molecule has 0 bridgehead atoms. The lowest BCUT2D eigenvalue weighted by atomic mass is 10.1. The number of nitrogens with zero attached hydrogens (tertiary/aromatic N) is 2. The molecule has 1 N–H and O–H groups in total. The first-order valence-corrected chi connectivity index (χ1v) is 7.27. The van der Waals surface area contributed by atoms with Gasteiger partial charge in [0.25, 0.3) is 0 Å². The molecule has 0 atom stereocenters. The van der Waals surface area contributed by atoms with Crippen LogP contribution >= 0.6 is 11.8 Å². The highest BCUT2D eigenvalue weighted by Gasteiger charge is 2.02. The molecule has 2 rings (SSSR count). The topological polar surface area (TPSA) is 37.8 Å². The average molecular weight is 273 g/mol. The Balaban J connectivity index is 2.04. The zero-order chi connectivity index (χ0) is 13.7. The van der Waals surface area contributed by atoms with Gasteiger partial charge in [0.05, 0.1) is 0 Å². The number of nitrogens with one attached hydrogen (secondary N) is 1. The Bertz CT molecular complexity index is 538. The van der Waals surface area contributed by atoms with E-state index in [4.69, 9.17) is 0 Å². The molecular weight excluding hydrogens is 254 g/mol. The summed E-state index contributed by atoms with van der Waals surface area (Å²) >= 11 is 1.60. The lowest BCUT2D eigenvalue weighted by molar-refractivity contribution is 0.716. The fraction of sp³-hybridized carbons (Fsp3) is 0.333. The van der Waals surface area contributed by atoms with Crippen molar-refractivity contribution < 1.29 is 0 Å². The smallest absolute Gasteiger partial charge is 0.192 e. The van der Waals surface area contributed by atoms with Crippen molar-refractivity contribution in [1.29, 1.82) is 0 Å². The van der Waals surface area contributed by atoms with E-state index in [1.54, 1.807) is 11.8 Å². The molecule has 0 aliphatic carbocycles. The highest BCUT2D eigenvalue weighted by molar-refractivity contribution is 7.99. The fourth-order valence-corrected chi connectivity index (χ4v) is 2.43. The molecule has 100 valence electrons. The van der Waals surface area contributed by atoms with Gasteiger partial charge in [-0.3, -0.25) is 0 Å². The molecule has 2 aromatic rings. The number of hydrogen-bond acceptors (Lipinski definition) is 4. The Morgan fingerprint density at radius 3 is 2.47 bits per heavy atom. The van der Waals surface area contributed by atoms with Gasteiger partial charge in [-0.05, 0) is 55.4 Å². The molecule has 0 radical (unpaired) electrons. The maximum Gasteiger partial charge on any atom is 0.192 e. The summed E-state index contributed by atoms with van der Waals surface area (Å²) < 4.78 is 0. The Morgan fingerprint density at radius 2 is 1.84 bits per heavy atom. The zero-order valence-corrected chi connectivity index (χ0v) is 12.4. The maximum atomic E-state index is 4.39. The molecule has 0 saturated heterocycles. The minimum atomic E-state index is 0.795. The van der Waals surface area contributed by atoms with Crippen molar-refractivity contribution in [1.82, 2.24) is 15.3 Å². The van der Waals surface area contributed by atoms with Crippen LogP contribution in [0, 0.1) is 13.8 Å². The van der Waals surface area contributed by atoms with Crippen LogP contribution in [0.25, 0.3) is 0 Å². The molecule has 0 unspecified atom stereocenters. The Hall–Kier alpha value is -1.39. The molecule has 19 heavy (non-hydrogen) atoms. The van der Waals surface area contributed by atoms with E-state index in [9.17, 15) is 0 Å². The molecule has 0 fully saturated rings. The summed E-state index contributed by atoms with van der Waals surface area (Å²) in [6.45, 7) is 8.12. The van der Waals surface area contributed by atoms with E-state index in [1.807, 2.05) is 12.4 Å². The molecule has 4 heteroatoms. The first kappa shape index (κ1) is 14.0. The van der Waals surface area contributed by atoms with Gasteiger partial charge in [0.15, 0.2) is 5.16 Å². The first-order valence-electron chi connectivity index (χ1n) is 6.46. The van der Waals surface area contributed by atoms with Crippen LogP contribution in [0.4, 0.5) is 0 Å². The fourth-order valence-electron chi connectivity index (χ4n) is 1.64. The molecule has 0 amide bonds. The van der Waals surface area contributed by atoms with Gasteiger partial charge in [0.1, 0.15) is 0 Å². The number of benzene rings is 1. The summed E-state index contributed by atoms with van der Waals surface area (Å²) in [5.74, 6) is 0. The van der Waals surface area contributed by atoms with E-state index in [2.05, 4.69) is 54.3 Å². The first-order chi connectivity index (χ1) is 9.19. The monoisotopic (exact) mass is 273 g/mol. The second-order valence-electron chi connectivity index (χ2n) is 4.50. The largest absolute Gasteiger partial charge is 0.313 e. The van der Waals surface area contributed by atoms with Crippen molar-refractivity contribution in [2.75, 3.05) is 6.54 Å². The van der Waals surface area contributed by atoms with Crippen LogP contribution in [-0.2, 0) is 6.54 Å². The predicted octanol–water partition coefficient (Wildman–Crippen LogP) is 3.35. The third-order valence-electron chi connectivity index (χ3n) is 2.95. The highest BCUT2D eigenvalue weighted by atomic mass is 32.2. The Kier molecular flexibility index (Phi) is 4.93. The Morgan fingerprint density at radius 1 is 1.11 bits per heavy atom. The third-order valence-corrected chi connectivity index (χ3v) is 3.83. The maximum absolute atomic E-state index is 4.39. The summed E-state index contributed by atoms with van der Waals surface area (Å²) in [5, 5.41) is 4.06. The molecule has 0 aliphatic heterocycles. The van der Waals surface area contributed by atoms with Crippen molar-refractivity contribution in [3.8, 4) is 0 Å². The summed E-state index contributed by atoms with van der Waals surface area (Å²) in [6.07, 6.45) is 3.78. The van der Waals surface area contributed by atoms with Crippen LogP contribution in [0.3, 0.4) is 0 Å². The molecule has 1 aromatic carbocycles. The van der Waals surface area contributed by atoms with Crippen LogP contribution in [0.2, 0.25) is 0 Å². The highest BCUT2D eigenvalue weighted by Crippen LogP contribution is 2.25. The quantitative estimate of drug-likeness (QED) is 0.848. The van der Waals surface area contributed by atoms with Crippen LogP contribution in [-0.4, -0.2) is 16.5 Å². The van der Waals surface area contributed by atoms with Gasteiger partial charge in [-0.15, -0.1) is 0 Å². The third kappa shape index (κ3) is 4.04. The summed E-state index contributed by atoms with van der Waals surface area (Å²) in [7, 11) is 0. The van der Waals surface area contributed by atoms with Gasteiger partial charge in [0, 0.05) is 29.4 Å². The lowest BCUT2D eigenvalue weighted by Crippen LogP contribution is -2.12. The standard InChI is InChI=1S/C15H19N3S/c1-4-16-8-13-9-17-15(18-10-13)19-14-6-5-11(2)12(3)7-14/h5-7,9-10,16H,4,8H2,1-3H3.